The molecule has 3 aromatic rings. The fourth-order valence-corrected chi connectivity index (χ4v) is 3.73. The second-order valence-electron chi connectivity index (χ2n) is 8.44. The Kier molecular flexibility index (Phi) is 8.37. The highest BCUT2D eigenvalue weighted by atomic mass is 19.1. The maximum absolute atomic E-state index is 14.1. The number of urea groups is 1. The number of rotatable bonds is 10. The number of carbonyl (C=O) groups excluding carboxylic acids is 3. The van der Waals surface area contributed by atoms with Crippen molar-refractivity contribution >= 4 is 29.6 Å². The molecule has 0 radical (unpaired) electrons. The van der Waals surface area contributed by atoms with Gasteiger partial charge in [-0.05, 0) is 55.0 Å². The van der Waals surface area contributed by atoms with E-state index in [2.05, 4.69) is 12.2 Å². The zero-order chi connectivity index (χ0) is 27.1. The number of amides is 4. The summed E-state index contributed by atoms with van der Waals surface area (Å²) in [5.41, 5.74) is 0.710. The van der Waals surface area contributed by atoms with Gasteiger partial charge in [0.2, 0.25) is 0 Å². The first-order valence-electron chi connectivity index (χ1n) is 12.1. The molecule has 0 unspecified atom stereocenters. The fourth-order valence-electron chi connectivity index (χ4n) is 3.73. The normalized spacial score (nSPS) is 14.4. The molecule has 4 rings (SSSR count). The van der Waals surface area contributed by atoms with Crippen LogP contribution in [0.3, 0.4) is 0 Å². The molecule has 1 aliphatic heterocycles. The second-order valence-corrected chi connectivity index (χ2v) is 8.44. The molecular formula is C29H27FN2O6. The van der Waals surface area contributed by atoms with Gasteiger partial charge in [0, 0.05) is 17.2 Å². The lowest BCUT2D eigenvalue weighted by Gasteiger charge is -2.26. The molecule has 196 valence electrons. The largest absolute Gasteiger partial charge is 0.497 e. The molecule has 0 aliphatic carbocycles. The predicted molar refractivity (Wildman–Crippen MR) is 140 cm³/mol. The van der Waals surface area contributed by atoms with Crippen molar-refractivity contribution in [1.29, 1.82) is 0 Å². The number of unbranched alkanes of at least 4 members (excludes halogenated alkanes) is 1. The van der Waals surface area contributed by atoms with E-state index in [4.69, 9.17) is 14.2 Å². The average Bonchev–Trinajstić information content (AvgIpc) is 2.92. The summed E-state index contributed by atoms with van der Waals surface area (Å²) >= 11 is 0. The minimum absolute atomic E-state index is 0.0898. The number of benzene rings is 3. The monoisotopic (exact) mass is 518 g/mol. The molecular weight excluding hydrogens is 491 g/mol. The first-order chi connectivity index (χ1) is 18.4. The lowest BCUT2D eigenvalue weighted by atomic mass is 10.1. The molecule has 3 aromatic carbocycles. The zero-order valence-electron chi connectivity index (χ0n) is 21.0. The SMILES string of the molecule is CCCCOc1ccc(N2C(=O)NC(=O)/C(=C/c3ccc(OC)cc3OCc3ccccc3F)C2=O)cc1. The van der Waals surface area contributed by atoms with Gasteiger partial charge in [-0.2, -0.15) is 0 Å². The molecule has 0 bridgehead atoms. The lowest BCUT2D eigenvalue weighted by molar-refractivity contribution is -0.122. The molecule has 4 amide bonds. The van der Waals surface area contributed by atoms with Gasteiger partial charge in [-0.25, -0.2) is 14.1 Å². The van der Waals surface area contributed by atoms with Gasteiger partial charge in [0.25, 0.3) is 11.8 Å². The molecule has 1 saturated heterocycles. The predicted octanol–water partition coefficient (Wildman–Crippen LogP) is 5.26. The van der Waals surface area contributed by atoms with E-state index in [0.29, 0.717) is 29.2 Å². The van der Waals surface area contributed by atoms with Crippen LogP contribution in [0.1, 0.15) is 30.9 Å². The summed E-state index contributed by atoms with van der Waals surface area (Å²) in [5, 5.41) is 2.21. The van der Waals surface area contributed by atoms with Gasteiger partial charge in [0.1, 0.15) is 35.2 Å². The van der Waals surface area contributed by atoms with Gasteiger partial charge >= 0.3 is 6.03 Å². The Morgan fingerprint density at radius 1 is 0.947 bits per heavy atom. The van der Waals surface area contributed by atoms with Crippen LogP contribution >= 0.6 is 0 Å². The molecule has 9 heteroatoms. The molecule has 0 spiro atoms. The maximum atomic E-state index is 14.1. The number of barbiturate groups is 1. The summed E-state index contributed by atoms with van der Waals surface area (Å²) in [5.74, 6) is -0.728. The van der Waals surface area contributed by atoms with E-state index in [1.165, 1.54) is 19.3 Å². The Labute approximate surface area is 219 Å². The Hall–Kier alpha value is -4.66. The number of anilines is 1. The van der Waals surface area contributed by atoms with Crippen LogP contribution in [0.15, 0.2) is 72.3 Å². The maximum Gasteiger partial charge on any atom is 0.335 e. The molecule has 1 N–H and O–H groups in total. The number of nitrogens with one attached hydrogen (secondary N) is 1. The summed E-state index contributed by atoms with van der Waals surface area (Å²) in [6.07, 6.45) is 3.23. The Bertz CT molecular complexity index is 1370. The van der Waals surface area contributed by atoms with Crippen LogP contribution < -0.4 is 24.4 Å². The summed E-state index contributed by atoms with van der Waals surface area (Å²) in [4.78, 5) is 39.5. The van der Waals surface area contributed by atoms with Crippen LogP contribution in [0.25, 0.3) is 6.08 Å². The Morgan fingerprint density at radius 3 is 2.39 bits per heavy atom. The van der Waals surface area contributed by atoms with E-state index in [0.717, 1.165) is 17.7 Å². The molecule has 1 fully saturated rings. The quantitative estimate of drug-likeness (QED) is 0.224. The second kappa shape index (κ2) is 12.1. The van der Waals surface area contributed by atoms with E-state index in [1.807, 2.05) is 0 Å². The van der Waals surface area contributed by atoms with Crippen molar-refractivity contribution in [2.24, 2.45) is 0 Å². The summed E-state index contributed by atoms with van der Waals surface area (Å²) in [6.45, 7) is 2.53. The topological polar surface area (TPSA) is 94.2 Å². The summed E-state index contributed by atoms with van der Waals surface area (Å²) < 4.78 is 30.8. The summed E-state index contributed by atoms with van der Waals surface area (Å²) in [7, 11) is 1.48. The lowest BCUT2D eigenvalue weighted by Crippen LogP contribution is -2.54. The highest BCUT2D eigenvalue weighted by Gasteiger charge is 2.37. The molecule has 1 heterocycles. The third kappa shape index (κ3) is 6.00. The van der Waals surface area contributed by atoms with E-state index in [1.54, 1.807) is 60.7 Å². The number of hydrogen-bond acceptors (Lipinski definition) is 6. The first kappa shape index (κ1) is 26.4. The van der Waals surface area contributed by atoms with Crippen LogP contribution in [-0.2, 0) is 16.2 Å². The van der Waals surface area contributed by atoms with Crippen LogP contribution in [0, 0.1) is 5.82 Å². The van der Waals surface area contributed by atoms with Crippen LogP contribution in [0.5, 0.6) is 17.2 Å². The molecule has 1 aliphatic rings. The Balaban J connectivity index is 1.61. The highest BCUT2D eigenvalue weighted by Crippen LogP contribution is 2.30. The minimum Gasteiger partial charge on any atom is -0.497 e. The van der Waals surface area contributed by atoms with Crippen molar-refractivity contribution in [2.75, 3.05) is 18.6 Å². The number of methoxy groups -OCH3 is 1. The fraction of sp³-hybridized carbons (Fsp3) is 0.207. The molecule has 8 nitrogen and oxygen atoms in total. The van der Waals surface area contributed by atoms with E-state index in [-0.39, 0.29) is 23.6 Å². The number of imide groups is 2. The smallest absolute Gasteiger partial charge is 0.335 e. The standard InChI is InChI=1S/C29H27FN2O6/c1-3-4-15-37-22-13-10-21(11-14-22)32-28(34)24(27(33)31-29(32)35)16-19-9-12-23(36-2)17-26(19)38-18-20-7-5-6-8-25(20)30/h5-14,16-17H,3-4,15,18H2,1-2H3,(H,31,33,35)/b24-16-. The molecule has 38 heavy (non-hydrogen) atoms. The van der Waals surface area contributed by atoms with E-state index in [9.17, 15) is 18.8 Å². The molecule has 0 atom stereocenters. The Morgan fingerprint density at radius 2 is 1.68 bits per heavy atom. The van der Waals surface area contributed by atoms with Crippen LogP contribution in [-0.4, -0.2) is 31.6 Å². The van der Waals surface area contributed by atoms with Crippen molar-refractivity contribution in [3.05, 3.63) is 89.2 Å². The average molecular weight is 519 g/mol. The number of nitrogens with zero attached hydrogens (tertiary/aromatic N) is 1. The van der Waals surface area contributed by atoms with E-state index >= 15 is 0 Å². The van der Waals surface area contributed by atoms with Gasteiger partial charge in [0.15, 0.2) is 0 Å². The van der Waals surface area contributed by atoms with Crippen molar-refractivity contribution in [1.82, 2.24) is 5.32 Å². The van der Waals surface area contributed by atoms with Gasteiger partial charge in [-0.15, -0.1) is 0 Å². The van der Waals surface area contributed by atoms with Gasteiger partial charge in [0.05, 0.1) is 19.4 Å². The number of halogens is 1. The number of ether oxygens (including phenoxy) is 3. The van der Waals surface area contributed by atoms with Crippen molar-refractivity contribution < 1.29 is 33.0 Å². The van der Waals surface area contributed by atoms with Crippen LogP contribution in [0.4, 0.5) is 14.9 Å². The number of hydrogen-bond donors (Lipinski definition) is 1. The van der Waals surface area contributed by atoms with Crippen molar-refractivity contribution in [2.45, 2.75) is 26.4 Å². The molecule has 0 aromatic heterocycles. The van der Waals surface area contributed by atoms with Gasteiger partial charge in [-0.3, -0.25) is 14.9 Å². The van der Waals surface area contributed by atoms with Crippen LogP contribution in [0.2, 0.25) is 0 Å². The molecule has 0 saturated carbocycles. The van der Waals surface area contributed by atoms with Crippen molar-refractivity contribution in [3.8, 4) is 17.2 Å². The van der Waals surface area contributed by atoms with Gasteiger partial charge < -0.3 is 14.2 Å². The first-order valence-corrected chi connectivity index (χ1v) is 12.1. The number of carbonyl (C=O) groups is 3. The van der Waals surface area contributed by atoms with Crippen molar-refractivity contribution in [3.63, 3.8) is 0 Å². The summed E-state index contributed by atoms with van der Waals surface area (Å²) in [6, 6.07) is 16.6. The minimum atomic E-state index is -0.859. The third-order valence-corrected chi connectivity index (χ3v) is 5.82. The third-order valence-electron chi connectivity index (χ3n) is 5.82. The van der Waals surface area contributed by atoms with E-state index < -0.39 is 23.7 Å². The zero-order valence-corrected chi connectivity index (χ0v) is 21.0. The van der Waals surface area contributed by atoms with Gasteiger partial charge in [-0.1, -0.05) is 31.5 Å². The highest BCUT2D eigenvalue weighted by molar-refractivity contribution is 6.39.